The number of hydrogen-bond acceptors (Lipinski definition) is 1. The SMILES string of the molecule is CCCCCCCC(CNC(C)C)Cc1ccc(Br)cc1. The summed E-state index contributed by atoms with van der Waals surface area (Å²) < 4.78 is 1.17. The molecule has 0 amide bonds. The quantitative estimate of drug-likeness (QED) is 0.483. The van der Waals surface area contributed by atoms with Crippen molar-refractivity contribution in [1.29, 1.82) is 0 Å². The highest BCUT2D eigenvalue weighted by Crippen LogP contribution is 2.18. The van der Waals surface area contributed by atoms with E-state index in [4.69, 9.17) is 0 Å². The summed E-state index contributed by atoms with van der Waals surface area (Å²) in [7, 11) is 0. The standard InChI is InChI=1S/C19H32BrN/c1-4-5-6-7-8-9-18(15-21-16(2)3)14-17-10-12-19(20)13-11-17/h10-13,16,18,21H,4-9,14-15H2,1-3H3. The Bertz CT molecular complexity index is 358. The minimum absolute atomic E-state index is 0.581. The Morgan fingerprint density at radius 3 is 2.29 bits per heavy atom. The number of halogens is 1. The highest BCUT2D eigenvalue weighted by molar-refractivity contribution is 9.10. The summed E-state index contributed by atoms with van der Waals surface area (Å²) in [5.41, 5.74) is 1.46. The van der Waals surface area contributed by atoms with Gasteiger partial charge < -0.3 is 5.32 Å². The predicted molar refractivity (Wildman–Crippen MR) is 97.9 cm³/mol. The van der Waals surface area contributed by atoms with Crippen LogP contribution >= 0.6 is 15.9 Å². The number of benzene rings is 1. The van der Waals surface area contributed by atoms with Gasteiger partial charge in [-0.2, -0.15) is 0 Å². The van der Waals surface area contributed by atoms with Crippen molar-refractivity contribution in [3.8, 4) is 0 Å². The summed E-state index contributed by atoms with van der Waals surface area (Å²) in [5.74, 6) is 0.759. The molecular weight excluding hydrogens is 322 g/mol. The lowest BCUT2D eigenvalue weighted by Crippen LogP contribution is -2.30. The molecule has 2 heteroatoms. The molecule has 1 unspecified atom stereocenters. The first-order chi connectivity index (χ1) is 10.1. The number of hydrogen-bond donors (Lipinski definition) is 1. The summed E-state index contributed by atoms with van der Waals surface area (Å²) in [6, 6.07) is 9.40. The van der Waals surface area contributed by atoms with Crippen molar-refractivity contribution in [2.75, 3.05) is 6.54 Å². The first kappa shape index (κ1) is 18.7. The van der Waals surface area contributed by atoms with Gasteiger partial charge in [-0.05, 0) is 43.0 Å². The minimum Gasteiger partial charge on any atom is -0.314 e. The van der Waals surface area contributed by atoms with Crippen LogP contribution in [0.1, 0.15) is 64.9 Å². The van der Waals surface area contributed by atoms with Gasteiger partial charge in [-0.15, -0.1) is 0 Å². The van der Waals surface area contributed by atoms with E-state index in [2.05, 4.69) is 66.3 Å². The summed E-state index contributed by atoms with van der Waals surface area (Å²) >= 11 is 3.52. The summed E-state index contributed by atoms with van der Waals surface area (Å²) in [6.07, 6.45) is 9.44. The predicted octanol–water partition coefficient (Wildman–Crippen LogP) is 5.97. The lowest BCUT2D eigenvalue weighted by Gasteiger charge is -2.19. The van der Waals surface area contributed by atoms with Crippen LogP contribution < -0.4 is 5.32 Å². The van der Waals surface area contributed by atoms with Crippen LogP contribution in [0.2, 0.25) is 0 Å². The zero-order valence-corrected chi connectivity index (χ0v) is 15.6. The Morgan fingerprint density at radius 1 is 1.00 bits per heavy atom. The van der Waals surface area contributed by atoms with Crippen molar-refractivity contribution in [2.45, 2.75) is 71.8 Å². The van der Waals surface area contributed by atoms with Gasteiger partial charge >= 0.3 is 0 Å². The van der Waals surface area contributed by atoms with Crippen LogP contribution in [0.15, 0.2) is 28.7 Å². The van der Waals surface area contributed by atoms with Crippen molar-refractivity contribution < 1.29 is 0 Å². The van der Waals surface area contributed by atoms with Crippen molar-refractivity contribution in [2.24, 2.45) is 5.92 Å². The third-order valence-electron chi connectivity index (χ3n) is 3.97. The first-order valence-corrected chi connectivity index (χ1v) is 9.39. The summed E-state index contributed by atoms with van der Waals surface area (Å²) in [4.78, 5) is 0. The molecule has 0 saturated heterocycles. The van der Waals surface area contributed by atoms with Gasteiger partial charge in [0.15, 0.2) is 0 Å². The average Bonchev–Trinajstić information content (AvgIpc) is 2.46. The molecule has 1 rings (SSSR count). The Morgan fingerprint density at radius 2 is 1.67 bits per heavy atom. The van der Waals surface area contributed by atoms with Gasteiger partial charge in [0.25, 0.3) is 0 Å². The number of rotatable bonds is 11. The average molecular weight is 354 g/mol. The van der Waals surface area contributed by atoms with E-state index in [-0.39, 0.29) is 0 Å². The molecule has 0 fully saturated rings. The maximum atomic E-state index is 3.62. The fraction of sp³-hybridized carbons (Fsp3) is 0.684. The second-order valence-corrected chi connectivity index (χ2v) is 7.38. The molecule has 1 aromatic carbocycles. The molecule has 0 radical (unpaired) electrons. The zero-order valence-electron chi connectivity index (χ0n) is 14.0. The Hall–Kier alpha value is -0.340. The van der Waals surface area contributed by atoms with Gasteiger partial charge in [-0.25, -0.2) is 0 Å². The molecular formula is C19H32BrN. The Kier molecular flexibility index (Phi) is 10.0. The van der Waals surface area contributed by atoms with E-state index in [9.17, 15) is 0 Å². The van der Waals surface area contributed by atoms with Crippen LogP contribution in [0, 0.1) is 5.92 Å². The second kappa shape index (κ2) is 11.3. The van der Waals surface area contributed by atoms with Crippen molar-refractivity contribution in [3.05, 3.63) is 34.3 Å². The van der Waals surface area contributed by atoms with E-state index in [1.165, 1.54) is 55.0 Å². The minimum atomic E-state index is 0.581. The molecule has 0 aliphatic rings. The highest BCUT2D eigenvalue weighted by atomic mass is 79.9. The monoisotopic (exact) mass is 353 g/mol. The van der Waals surface area contributed by atoms with Gasteiger partial charge in [0.2, 0.25) is 0 Å². The van der Waals surface area contributed by atoms with E-state index in [0.29, 0.717) is 6.04 Å². The second-order valence-electron chi connectivity index (χ2n) is 6.46. The van der Waals surface area contributed by atoms with Crippen LogP contribution in [-0.4, -0.2) is 12.6 Å². The smallest absolute Gasteiger partial charge is 0.0175 e. The maximum absolute atomic E-state index is 3.62. The molecule has 0 bridgehead atoms. The van der Waals surface area contributed by atoms with Gasteiger partial charge in [-0.1, -0.05) is 80.9 Å². The van der Waals surface area contributed by atoms with Gasteiger partial charge in [0.05, 0.1) is 0 Å². The Labute approximate surface area is 140 Å². The number of nitrogens with one attached hydrogen (secondary N) is 1. The van der Waals surface area contributed by atoms with Crippen molar-refractivity contribution in [1.82, 2.24) is 5.32 Å². The molecule has 0 aromatic heterocycles. The van der Waals surface area contributed by atoms with E-state index in [1.54, 1.807) is 0 Å². The third kappa shape index (κ3) is 9.31. The topological polar surface area (TPSA) is 12.0 Å². The van der Waals surface area contributed by atoms with Crippen LogP contribution in [0.4, 0.5) is 0 Å². The van der Waals surface area contributed by atoms with Gasteiger partial charge in [0.1, 0.15) is 0 Å². The fourth-order valence-corrected chi connectivity index (χ4v) is 2.93. The van der Waals surface area contributed by atoms with E-state index < -0.39 is 0 Å². The number of unbranched alkanes of at least 4 members (excludes halogenated alkanes) is 4. The van der Waals surface area contributed by atoms with Gasteiger partial charge in [0, 0.05) is 10.5 Å². The largest absolute Gasteiger partial charge is 0.314 e. The van der Waals surface area contributed by atoms with Crippen LogP contribution in [0.25, 0.3) is 0 Å². The fourth-order valence-electron chi connectivity index (χ4n) is 2.67. The highest BCUT2D eigenvalue weighted by Gasteiger charge is 2.10. The van der Waals surface area contributed by atoms with Crippen LogP contribution in [0.3, 0.4) is 0 Å². The lowest BCUT2D eigenvalue weighted by atomic mass is 9.93. The molecule has 1 N–H and O–H groups in total. The Balaban J connectivity index is 2.41. The molecule has 0 aliphatic heterocycles. The lowest BCUT2D eigenvalue weighted by molar-refractivity contribution is 0.404. The first-order valence-electron chi connectivity index (χ1n) is 8.59. The summed E-state index contributed by atoms with van der Waals surface area (Å²) in [5, 5.41) is 3.62. The summed E-state index contributed by atoms with van der Waals surface area (Å²) in [6.45, 7) is 7.89. The molecule has 21 heavy (non-hydrogen) atoms. The van der Waals surface area contributed by atoms with E-state index in [0.717, 1.165) is 12.5 Å². The zero-order chi connectivity index (χ0) is 15.5. The van der Waals surface area contributed by atoms with Crippen molar-refractivity contribution in [3.63, 3.8) is 0 Å². The van der Waals surface area contributed by atoms with E-state index in [1.807, 2.05) is 0 Å². The van der Waals surface area contributed by atoms with Crippen molar-refractivity contribution >= 4 is 15.9 Å². The molecule has 1 aromatic rings. The van der Waals surface area contributed by atoms with E-state index >= 15 is 0 Å². The normalized spacial score (nSPS) is 12.8. The van der Waals surface area contributed by atoms with Crippen LogP contribution in [0.5, 0.6) is 0 Å². The molecule has 0 saturated carbocycles. The molecule has 120 valence electrons. The van der Waals surface area contributed by atoms with Gasteiger partial charge in [-0.3, -0.25) is 0 Å². The molecule has 0 aliphatic carbocycles. The third-order valence-corrected chi connectivity index (χ3v) is 4.50. The molecule has 0 spiro atoms. The molecule has 1 nitrogen and oxygen atoms in total. The molecule has 1 atom stereocenters. The molecule has 0 heterocycles. The van der Waals surface area contributed by atoms with Crippen LogP contribution in [-0.2, 0) is 6.42 Å². The maximum Gasteiger partial charge on any atom is 0.0175 e.